The normalized spacial score (nSPS) is 11.4. The van der Waals surface area contributed by atoms with E-state index in [2.05, 4.69) is 4.98 Å². The number of sulfone groups is 1. The van der Waals surface area contributed by atoms with Crippen molar-refractivity contribution < 1.29 is 8.42 Å². The fraction of sp³-hybridized carbons (Fsp3) is 0.0909. The van der Waals surface area contributed by atoms with Gasteiger partial charge in [0.25, 0.3) is 0 Å². The first-order valence-corrected chi connectivity index (χ1v) is 7.34. The Labute approximate surface area is 110 Å². The van der Waals surface area contributed by atoms with Crippen molar-refractivity contribution >= 4 is 27.0 Å². The molecule has 5 nitrogen and oxygen atoms in total. The molecule has 0 unspecified atom stereocenters. The molecule has 7 heteroatoms. The number of nitrogens with zero attached hydrogens (tertiary/aromatic N) is 2. The molecule has 2 aromatic heterocycles. The minimum Gasteiger partial charge on any atom is -0.388 e. The first-order valence-electron chi connectivity index (χ1n) is 5.04. The first-order chi connectivity index (χ1) is 8.41. The van der Waals surface area contributed by atoms with E-state index in [1.807, 2.05) is 0 Å². The second-order valence-electron chi connectivity index (χ2n) is 3.72. The molecule has 0 aliphatic rings. The number of pyridine rings is 1. The predicted octanol–water partition coefficient (Wildman–Crippen LogP) is 0.910. The number of hydrogen-bond donors (Lipinski definition) is 1. The largest absolute Gasteiger partial charge is 0.388 e. The topological polar surface area (TPSA) is 78.0 Å². The van der Waals surface area contributed by atoms with Crippen LogP contribution in [0.1, 0.15) is 5.69 Å². The van der Waals surface area contributed by atoms with Crippen LogP contribution in [-0.4, -0.2) is 29.2 Å². The van der Waals surface area contributed by atoms with Gasteiger partial charge in [0.1, 0.15) is 9.88 Å². The average molecular weight is 281 g/mol. The standard InChI is InChI=1S/C11H11N3O2S2/c1-18(15,16)9-5-2-6-13-11(9)14-7-3-4-8(14)10(12)17/h2-7H,1H3,(H2,12,17). The van der Waals surface area contributed by atoms with E-state index in [0.717, 1.165) is 6.26 Å². The Balaban J connectivity index is 2.73. The quantitative estimate of drug-likeness (QED) is 0.846. The number of aromatic nitrogens is 2. The second kappa shape index (κ2) is 4.51. The molecular weight excluding hydrogens is 270 g/mol. The highest BCUT2D eigenvalue weighted by Gasteiger charge is 2.17. The zero-order chi connectivity index (χ0) is 13.3. The molecule has 0 amide bonds. The number of hydrogen-bond acceptors (Lipinski definition) is 4. The third kappa shape index (κ3) is 2.27. The lowest BCUT2D eigenvalue weighted by Crippen LogP contribution is -2.16. The Bertz CT molecular complexity index is 705. The van der Waals surface area contributed by atoms with Crippen LogP contribution in [0.5, 0.6) is 0 Å². The summed E-state index contributed by atoms with van der Waals surface area (Å²) in [5, 5.41) is 0. The minimum absolute atomic E-state index is 0.138. The van der Waals surface area contributed by atoms with Crippen LogP contribution in [0.25, 0.3) is 5.82 Å². The molecule has 0 aromatic carbocycles. The second-order valence-corrected chi connectivity index (χ2v) is 6.15. The zero-order valence-corrected chi connectivity index (χ0v) is 11.2. The molecule has 2 rings (SSSR count). The summed E-state index contributed by atoms with van der Waals surface area (Å²) >= 11 is 4.92. The summed E-state index contributed by atoms with van der Waals surface area (Å²) in [5.74, 6) is 0.299. The fourth-order valence-electron chi connectivity index (χ4n) is 1.62. The summed E-state index contributed by atoms with van der Waals surface area (Å²) in [5.41, 5.74) is 6.14. The van der Waals surface area contributed by atoms with Gasteiger partial charge in [-0.25, -0.2) is 13.4 Å². The van der Waals surface area contributed by atoms with Crippen LogP contribution in [0, 0.1) is 0 Å². The van der Waals surface area contributed by atoms with Crippen LogP contribution in [0.2, 0.25) is 0 Å². The van der Waals surface area contributed by atoms with Crippen LogP contribution < -0.4 is 5.73 Å². The molecule has 18 heavy (non-hydrogen) atoms. The highest BCUT2D eigenvalue weighted by Crippen LogP contribution is 2.19. The first kappa shape index (κ1) is 12.7. The van der Waals surface area contributed by atoms with Crippen molar-refractivity contribution in [2.24, 2.45) is 5.73 Å². The Morgan fingerprint density at radius 2 is 2.11 bits per heavy atom. The van der Waals surface area contributed by atoms with E-state index in [1.54, 1.807) is 29.0 Å². The van der Waals surface area contributed by atoms with E-state index in [4.69, 9.17) is 18.0 Å². The molecule has 0 bridgehead atoms. The third-order valence-corrected chi connectivity index (χ3v) is 3.71. The molecule has 94 valence electrons. The van der Waals surface area contributed by atoms with Crippen LogP contribution in [0.4, 0.5) is 0 Å². The Morgan fingerprint density at radius 1 is 1.39 bits per heavy atom. The maximum atomic E-state index is 11.7. The minimum atomic E-state index is -3.37. The smallest absolute Gasteiger partial charge is 0.179 e. The van der Waals surface area contributed by atoms with Crippen molar-refractivity contribution in [2.45, 2.75) is 4.90 Å². The summed E-state index contributed by atoms with van der Waals surface area (Å²) in [4.78, 5) is 4.42. The van der Waals surface area contributed by atoms with E-state index in [9.17, 15) is 8.42 Å². The van der Waals surface area contributed by atoms with Gasteiger partial charge in [0.05, 0.1) is 5.69 Å². The molecule has 0 saturated heterocycles. The van der Waals surface area contributed by atoms with Crippen LogP contribution >= 0.6 is 12.2 Å². The van der Waals surface area contributed by atoms with Crippen molar-refractivity contribution in [1.82, 2.24) is 9.55 Å². The molecule has 0 fully saturated rings. The lowest BCUT2D eigenvalue weighted by Gasteiger charge is -2.10. The summed E-state index contributed by atoms with van der Waals surface area (Å²) in [6.45, 7) is 0. The van der Waals surface area contributed by atoms with Crippen molar-refractivity contribution in [3.63, 3.8) is 0 Å². The highest BCUT2D eigenvalue weighted by molar-refractivity contribution is 7.90. The van der Waals surface area contributed by atoms with Gasteiger partial charge in [0, 0.05) is 18.6 Å². The molecule has 2 aromatic rings. The summed E-state index contributed by atoms with van der Waals surface area (Å²) < 4.78 is 25.0. The van der Waals surface area contributed by atoms with Gasteiger partial charge in [-0.1, -0.05) is 12.2 Å². The molecule has 0 aliphatic heterocycles. The maximum Gasteiger partial charge on any atom is 0.179 e. The van der Waals surface area contributed by atoms with Crippen LogP contribution in [0.15, 0.2) is 41.6 Å². The lowest BCUT2D eigenvalue weighted by atomic mass is 10.4. The SMILES string of the molecule is CS(=O)(=O)c1cccnc1-n1cccc1C(N)=S. The number of thiocarbonyl (C=S) groups is 1. The monoisotopic (exact) mass is 281 g/mol. The average Bonchev–Trinajstić information content (AvgIpc) is 2.76. The lowest BCUT2D eigenvalue weighted by molar-refractivity contribution is 0.600. The van der Waals surface area contributed by atoms with Gasteiger partial charge in [-0.05, 0) is 24.3 Å². The Morgan fingerprint density at radius 3 is 2.72 bits per heavy atom. The van der Waals surface area contributed by atoms with E-state index in [0.29, 0.717) is 11.5 Å². The number of rotatable bonds is 3. The number of nitrogens with two attached hydrogens (primary N) is 1. The molecule has 0 aliphatic carbocycles. The van der Waals surface area contributed by atoms with Gasteiger partial charge >= 0.3 is 0 Å². The van der Waals surface area contributed by atoms with Crippen LogP contribution in [-0.2, 0) is 9.84 Å². The van der Waals surface area contributed by atoms with Crippen molar-refractivity contribution in [2.75, 3.05) is 6.26 Å². The van der Waals surface area contributed by atoms with Gasteiger partial charge < -0.3 is 5.73 Å². The molecule has 0 radical (unpaired) electrons. The van der Waals surface area contributed by atoms with Gasteiger partial charge in [0.2, 0.25) is 0 Å². The van der Waals surface area contributed by atoms with E-state index >= 15 is 0 Å². The zero-order valence-electron chi connectivity index (χ0n) is 9.57. The summed E-state index contributed by atoms with van der Waals surface area (Å²) in [6, 6.07) is 6.52. The van der Waals surface area contributed by atoms with Crippen molar-refractivity contribution in [3.05, 3.63) is 42.4 Å². The summed E-state index contributed by atoms with van der Waals surface area (Å²) in [7, 11) is -3.37. The Kier molecular flexibility index (Phi) is 3.18. The fourth-order valence-corrected chi connectivity index (χ4v) is 2.59. The highest BCUT2D eigenvalue weighted by atomic mass is 32.2. The Hall–Kier alpha value is -1.73. The molecular formula is C11H11N3O2S2. The van der Waals surface area contributed by atoms with E-state index < -0.39 is 9.84 Å². The van der Waals surface area contributed by atoms with E-state index in [-0.39, 0.29) is 9.88 Å². The van der Waals surface area contributed by atoms with E-state index in [1.165, 1.54) is 12.3 Å². The van der Waals surface area contributed by atoms with Gasteiger partial charge in [-0.15, -0.1) is 0 Å². The van der Waals surface area contributed by atoms with Gasteiger partial charge in [-0.2, -0.15) is 0 Å². The third-order valence-electron chi connectivity index (χ3n) is 2.38. The van der Waals surface area contributed by atoms with Crippen molar-refractivity contribution in [1.29, 1.82) is 0 Å². The molecule has 0 atom stereocenters. The van der Waals surface area contributed by atoms with Crippen LogP contribution in [0.3, 0.4) is 0 Å². The molecule has 2 N–H and O–H groups in total. The maximum absolute atomic E-state index is 11.7. The van der Waals surface area contributed by atoms with Gasteiger partial charge in [-0.3, -0.25) is 4.57 Å². The predicted molar refractivity (Wildman–Crippen MR) is 72.6 cm³/mol. The summed E-state index contributed by atoms with van der Waals surface area (Å²) in [6.07, 6.45) is 4.33. The molecule has 0 spiro atoms. The van der Waals surface area contributed by atoms with Gasteiger partial charge in [0.15, 0.2) is 15.7 Å². The molecule has 0 saturated carbocycles. The molecule has 2 heterocycles. The van der Waals surface area contributed by atoms with Crippen molar-refractivity contribution in [3.8, 4) is 5.82 Å².